The molecule has 4 rings (SSSR count). The van der Waals surface area contributed by atoms with Crippen molar-refractivity contribution in [3.05, 3.63) is 60.2 Å². The molecule has 0 radical (unpaired) electrons. The van der Waals surface area contributed by atoms with Gasteiger partial charge in [0.2, 0.25) is 15.8 Å². The average Bonchev–Trinajstić information content (AvgIpc) is 3.25. The maximum atomic E-state index is 12.8. The molecular formula is C21H22F3N5O3S. The standard InChI is InChI=1S/C21H22F3N5O3S/c22-21(23,24)11-15-5-8-29(9-6-15)33(31,32)18-3-1-16(2-4-18)12-26-19(30)17-13-27-20-25-7-10-28(20)14-17/h1-4,7,10,13-15H,5-6,8-9,11-12H2,(H,26,30). The molecule has 33 heavy (non-hydrogen) atoms. The number of alkyl halides is 3. The number of hydrogen-bond acceptors (Lipinski definition) is 5. The SMILES string of the molecule is O=C(NCc1ccc(S(=O)(=O)N2CCC(CC(F)(F)F)CC2)cc1)c1cnc2nccn2c1. The molecule has 8 nitrogen and oxygen atoms in total. The smallest absolute Gasteiger partial charge is 0.348 e. The van der Waals surface area contributed by atoms with E-state index >= 15 is 0 Å². The number of benzene rings is 1. The van der Waals surface area contributed by atoms with E-state index in [9.17, 15) is 26.4 Å². The zero-order valence-corrected chi connectivity index (χ0v) is 18.3. The molecule has 0 saturated carbocycles. The van der Waals surface area contributed by atoms with Crippen molar-refractivity contribution in [1.29, 1.82) is 0 Å². The summed E-state index contributed by atoms with van der Waals surface area (Å²) < 4.78 is 66.3. The van der Waals surface area contributed by atoms with E-state index in [1.807, 2.05) is 0 Å². The summed E-state index contributed by atoms with van der Waals surface area (Å²) in [5.74, 6) is -0.406. The highest BCUT2D eigenvalue weighted by Crippen LogP contribution is 2.32. The fraction of sp³-hybridized carbons (Fsp3) is 0.381. The highest BCUT2D eigenvalue weighted by molar-refractivity contribution is 7.89. The van der Waals surface area contributed by atoms with Gasteiger partial charge in [0.05, 0.1) is 10.5 Å². The number of carbonyl (C=O) groups is 1. The van der Waals surface area contributed by atoms with Crippen molar-refractivity contribution in [3.8, 4) is 0 Å². The van der Waals surface area contributed by atoms with Crippen LogP contribution in [0.4, 0.5) is 13.2 Å². The summed E-state index contributed by atoms with van der Waals surface area (Å²) in [6.07, 6.45) is 1.53. The Balaban J connectivity index is 1.34. The lowest BCUT2D eigenvalue weighted by atomic mass is 9.94. The van der Waals surface area contributed by atoms with Gasteiger partial charge in [-0.15, -0.1) is 0 Å². The molecule has 1 aliphatic heterocycles. The van der Waals surface area contributed by atoms with Gasteiger partial charge in [-0.3, -0.25) is 9.20 Å². The number of hydrogen-bond donors (Lipinski definition) is 1. The largest absolute Gasteiger partial charge is 0.389 e. The van der Waals surface area contributed by atoms with Gasteiger partial charge in [-0.2, -0.15) is 17.5 Å². The molecule has 1 amide bonds. The Morgan fingerprint density at radius 1 is 1.12 bits per heavy atom. The van der Waals surface area contributed by atoms with Crippen molar-refractivity contribution in [1.82, 2.24) is 24.0 Å². The van der Waals surface area contributed by atoms with Crippen LogP contribution in [0.3, 0.4) is 0 Å². The lowest BCUT2D eigenvalue weighted by Crippen LogP contribution is -2.39. The van der Waals surface area contributed by atoms with Crippen LogP contribution in [0.25, 0.3) is 5.78 Å². The van der Waals surface area contributed by atoms with E-state index in [-0.39, 0.29) is 43.3 Å². The second-order valence-corrected chi connectivity index (χ2v) is 9.91. The minimum atomic E-state index is -4.24. The predicted octanol–water partition coefficient (Wildman–Crippen LogP) is 3.01. The van der Waals surface area contributed by atoms with E-state index < -0.39 is 28.5 Å². The number of halogens is 3. The van der Waals surface area contributed by atoms with Crippen LogP contribution in [0.5, 0.6) is 0 Å². The maximum absolute atomic E-state index is 12.8. The topological polar surface area (TPSA) is 96.7 Å². The van der Waals surface area contributed by atoms with Gasteiger partial charge in [-0.25, -0.2) is 18.4 Å². The summed E-state index contributed by atoms with van der Waals surface area (Å²) in [6, 6.07) is 6.08. The van der Waals surface area contributed by atoms with Gasteiger partial charge in [0.25, 0.3) is 5.91 Å². The Hall–Kier alpha value is -2.99. The molecule has 0 unspecified atom stereocenters. The van der Waals surface area contributed by atoms with Crippen LogP contribution >= 0.6 is 0 Å². The van der Waals surface area contributed by atoms with Crippen LogP contribution in [0, 0.1) is 5.92 Å². The van der Waals surface area contributed by atoms with Crippen LogP contribution in [0.2, 0.25) is 0 Å². The van der Waals surface area contributed by atoms with Crippen LogP contribution in [0.1, 0.15) is 35.2 Å². The Morgan fingerprint density at radius 2 is 1.82 bits per heavy atom. The molecule has 0 bridgehead atoms. The lowest BCUT2D eigenvalue weighted by Gasteiger charge is -2.31. The van der Waals surface area contributed by atoms with E-state index in [4.69, 9.17) is 0 Å². The van der Waals surface area contributed by atoms with Crippen LogP contribution < -0.4 is 5.32 Å². The molecule has 1 N–H and O–H groups in total. The number of sulfonamides is 1. The second kappa shape index (κ2) is 9.10. The van der Waals surface area contributed by atoms with Gasteiger partial charge in [0.15, 0.2) is 0 Å². The summed E-state index contributed by atoms with van der Waals surface area (Å²) in [7, 11) is -3.79. The number of nitrogens with zero attached hydrogens (tertiary/aromatic N) is 4. The molecule has 1 aliphatic rings. The van der Waals surface area contributed by atoms with Crippen LogP contribution in [-0.2, 0) is 16.6 Å². The molecule has 1 aromatic carbocycles. The Labute approximate surface area is 188 Å². The van der Waals surface area contributed by atoms with E-state index in [0.717, 1.165) is 0 Å². The molecular weight excluding hydrogens is 459 g/mol. The summed E-state index contributed by atoms with van der Waals surface area (Å²) >= 11 is 0. The van der Waals surface area contributed by atoms with E-state index in [1.54, 1.807) is 35.1 Å². The van der Waals surface area contributed by atoms with Crippen molar-refractivity contribution < 1.29 is 26.4 Å². The first-order chi connectivity index (χ1) is 15.6. The van der Waals surface area contributed by atoms with Crippen molar-refractivity contribution >= 4 is 21.7 Å². The number of carbonyl (C=O) groups excluding carboxylic acids is 1. The predicted molar refractivity (Wildman–Crippen MR) is 113 cm³/mol. The zero-order valence-electron chi connectivity index (χ0n) is 17.5. The van der Waals surface area contributed by atoms with Crippen LogP contribution in [0.15, 0.2) is 53.9 Å². The first kappa shape index (κ1) is 23.2. The average molecular weight is 482 g/mol. The fourth-order valence-electron chi connectivity index (χ4n) is 3.83. The van der Waals surface area contributed by atoms with Gasteiger partial charge in [-0.05, 0) is 36.5 Å². The number of rotatable bonds is 6. The number of nitrogens with one attached hydrogen (secondary N) is 1. The van der Waals surface area contributed by atoms with Gasteiger partial charge >= 0.3 is 6.18 Å². The quantitative estimate of drug-likeness (QED) is 0.584. The van der Waals surface area contributed by atoms with Gasteiger partial charge in [0.1, 0.15) is 0 Å². The highest BCUT2D eigenvalue weighted by Gasteiger charge is 2.36. The molecule has 176 valence electrons. The molecule has 1 saturated heterocycles. The first-order valence-corrected chi connectivity index (χ1v) is 11.8. The minimum absolute atomic E-state index is 0.0657. The minimum Gasteiger partial charge on any atom is -0.348 e. The van der Waals surface area contributed by atoms with Gasteiger partial charge in [-0.1, -0.05) is 12.1 Å². The monoisotopic (exact) mass is 481 g/mol. The third-order valence-electron chi connectivity index (χ3n) is 5.62. The number of piperidine rings is 1. The number of fused-ring (bicyclic) bond motifs is 1. The third-order valence-corrected chi connectivity index (χ3v) is 7.53. The lowest BCUT2D eigenvalue weighted by molar-refractivity contribution is -0.146. The molecule has 1 fully saturated rings. The Bertz CT molecular complexity index is 1230. The highest BCUT2D eigenvalue weighted by atomic mass is 32.2. The normalized spacial score (nSPS) is 16.2. The van der Waals surface area contributed by atoms with E-state index in [1.165, 1.54) is 22.6 Å². The molecule has 2 aromatic heterocycles. The van der Waals surface area contributed by atoms with Crippen LogP contribution in [-0.4, -0.2) is 52.3 Å². The van der Waals surface area contributed by atoms with Crippen molar-refractivity contribution in [2.24, 2.45) is 5.92 Å². The number of imidazole rings is 1. The fourth-order valence-corrected chi connectivity index (χ4v) is 5.30. The van der Waals surface area contributed by atoms with Crippen molar-refractivity contribution in [2.75, 3.05) is 13.1 Å². The van der Waals surface area contributed by atoms with E-state index in [0.29, 0.717) is 16.9 Å². The number of aromatic nitrogens is 3. The van der Waals surface area contributed by atoms with Gasteiger partial charge < -0.3 is 5.32 Å². The maximum Gasteiger partial charge on any atom is 0.389 e. The molecule has 0 spiro atoms. The van der Waals surface area contributed by atoms with E-state index in [2.05, 4.69) is 15.3 Å². The molecule has 0 atom stereocenters. The summed E-state index contributed by atoms with van der Waals surface area (Å²) in [5.41, 5.74) is 1.05. The van der Waals surface area contributed by atoms with Gasteiger partial charge in [0, 0.05) is 50.8 Å². The first-order valence-electron chi connectivity index (χ1n) is 10.3. The molecule has 12 heteroatoms. The Morgan fingerprint density at radius 3 is 2.48 bits per heavy atom. The van der Waals surface area contributed by atoms with Crippen molar-refractivity contribution in [2.45, 2.75) is 36.9 Å². The molecule has 3 aromatic rings. The summed E-state index contributed by atoms with van der Waals surface area (Å²) in [4.78, 5) is 20.5. The molecule has 0 aliphatic carbocycles. The summed E-state index contributed by atoms with van der Waals surface area (Å²) in [5, 5.41) is 2.75. The van der Waals surface area contributed by atoms with Crippen molar-refractivity contribution in [3.63, 3.8) is 0 Å². The summed E-state index contributed by atoms with van der Waals surface area (Å²) in [6.45, 7) is 0.316. The zero-order chi connectivity index (χ0) is 23.6. The number of amides is 1. The second-order valence-electron chi connectivity index (χ2n) is 7.97. The third kappa shape index (κ3) is 5.50. The Kier molecular flexibility index (Phi) is 6.39. The molecule has 3 heterocycles.